The van der Waals surface area contributed by atoms with E-state index in [9.17, 15) is 17.6 Å². The highest BCUT2D eigenvalue weighted by atomic mass is 19.2. The summed E-state index contributed by atoms with van der Waals surface area (Å²) in [5.74, 6) is -3.95. The Morgan fingerprint density at radius 1 is 0.759 bits per heavy atom. The first kappa shape index (κ1) is 19.9. The molecule has 0 saturated heterocycles. The van der Waals surface area contributed by atoms with E-state index in [4.69, 9.17) is 0 Å². The van der Waals surface area contributed by atoms with Crippen LogP contribution in [0.1, 0.15) is 56.9 Å². The minimum Gasteiger partial charge on any atom is -0.206 e. The van der Waals surface area contributed by atoms with Gasteiger partial charge in [0.25, 0.3) is 0 Å². The van der Waals surface area contributed by atoms with Crippen LogP contribution in [-0.2, 0) is 0 Å². The summed E-state index contributed by atoms with van der Waals surface area (Å²) in [6.07, 6.45) is 7.47. The van der Waals surface area contributed by atoms with E-state index in [1.807, 2.05) is 12.1 Å². The molecule has 3 aromatic carbocycles. The maximum atomic E-state index is 14.4. The third kappa shape index (κ3) is 3.90. The van der Waals surface area contributed by atoms with Crippen molar-refractivity contribution in [2.45, 2.75) is 51.4 Å². The Hall–Kier alpha value is -2.36. The molecule has 0 nitrogen and oxygen atoms in total. The standard InChI is InChI=1S/C25H24F4/c1-2-3-15-4-6-16(7-5-15)17-8-10-18(11-9-17)19-12-20-14-22(27)24(28)25(29)23(20)21(26)13-19/h8-16H,2-7H2,1H3. The van der Waals surface area contributed by atoms with Gasteiger partial charge in [-0.3, -0.25) is 0 Å². The van der Waals surface area contributed by atoms with Crippen molar-refractivity contribution in [1.29, 1.82) is 0 Å². The van der Waals surface area contributed by atoms with Gasteiger partial charge in [0.15, 0.2) is 17.5 Å². The van der Waals surface area contributed by atoms with Crippen LogP contribution in [0.2, 0.25) is 0 Å². The lowest BCUT2D eigenvalue weighted by molar-refractivity contribution is 0.308. The molecule has 1 saturated carbocycles. The molecule has 0 heterocycles. The Kier molecular flexibility index (Phi) is 5.62. The zero-order chi connectivity index (χ0) is 20.5. The van der Waals surface area contributed by atoms with Gasteiger partial charge in [0.2, 0.25) is 0 Å². The molecule has 152 valence electrons. The van der Waals surface area contributed by atoms with E-state index in [-0.39, 0.29) is 5.39 Å². The van der Waals surface area contributed by atoms with E-state index in [0.29, 0.717) is 11.5 Å². The lowest BCUT2D eigenvalue weighted by Gasteiger charge is -2.28. The number of rotatable bonds is 4. The average molecular weight is 400 g/mol. The van der Waals surface area contributed by atoms with Gasteiger partial charge in [-0.2, -0.15) is 0 Å². The zero-order valence-corrected chi connectivity index (χ0v) is 16.5. The van der Waals surface area contributed by atoms with E-state index in [1.54, 1.807) is 0 Å². The van der Waals surface area contributed by atoms with Gasteiger partial charge in [-0.15, -0.1) is 0 Å². The van der Waals surface area contributed by atoms with Crippen LogP contribution in [0.4, 0.5) is 17.6 Å². The normalized spacial score (nSPS) is 19.6. The van der Waals surface area contributed by atoms with Gasteiger partial charge in [0.05, 0.1) is 5.39 Å². The lowest BCUT2D eigenvalue weighted by Crippen LogP contribution is -2.13. The van der Waals surface area contributed by atoms with Crippen LogP contribution >= 0.6 is 0 Å². The number of halogens is 4. The van der Waals surface area contributed by atoms with E-state index < -0.39 is 28.7 Å². The molecule has 4 rings (SSSR count). The van der Waals surface area contributed by atoms with Gasteiger partial charge in [-0.05, 0) is 77.8 Å². The lowest BCUT2D eigenvalue weighted by atomic mass is 9.77. The van der Waals surface area contributed by atoms with Crippen LogP contribution in [0.25, 0.3) is 21.9 Å². The van der Waals surface area contributed by atoms with Crippen molar-refractivity contribution in [3.8, 4) is 11.1 Å². The predicted molar refractivity (Wildman–Crippen MR) is 109 cm³/mol. The predicted octanol–water partition coefficient (Wildman–Crippen LogP) is 8.14. The minimum absolute atomic E-state index is 0.00900. The molecule has 1 aliphatic rings. The molecule has 3 aromatic rings. The Morgan fingerprint density at radius 2 is 1.45 bits per heavy atom. The maximum Gasteiger partial charge on any atom is 0.195 e. The Labute approximate surface area is 168 Å². The minimum atomic E-state index is -1.65. The van der Waals surface area contributed by atoms with Crippen molar-refractivity contribution in [2.75, 3.05) is 0 Å². The van der Waals surface area contributed by atoms with E-state index in [1.165, 1.54) is 56.2 Å². The molecule has 1 aliphatic carbocycles. The summed E-state index contributed by atoms with van der Waals surface area (Å²) in [6.45, 7) is 2.24. The fraction of sp³-hybridized carbons (Fsp3) is 0.360. The molecule has 0 N–H and O–H groups in total. The van der Waals surface area contributed by atoms with Crippen LogP contribution in [0, 0.1) is 29.2 Å². The zero-order valence-electron chi connectivity index (χ0n) is 16.5. The molecular formula is C25H24F4. The Morgan fingerprint density at radius 3 is 2.10 bits per heavy atom. The van der Waals surface area contributed by atoms with Crippen molar-refractivity contribution >= 4 is 10.8 Å². The quantitative estimate of drug-likeness (QED) is 0.306. The van der Waals surface area contributed by atoms with Crippen molar-refractivity contribution < 1.29 is 17.6 Å². The highest BCUT2D eigenvalue weighted by Crippen LogP contribution is 2.38. The van der Waals surface area contributed by atoms with Crippen molar-refractivity contribution in [2.24, 2.45) is 5.92 Å². The first-order valence-corrected chi connectivity index (χ1v) is 10.3. The van der Waals surface area contributed by atoms with Crippen molar-refractivity contribution in [1.82, 2.24) is 0 Å². The smallest absolute Gasteiger partial charge is 0.195 e. The van der Waals surface area contributed by atoms with Crippen LogP contribution in [0.3, 0.4) is 0 Å². The summed E-state index contributed by atoms with van der Waals surface area (Å²) in [5.41, 5.74) is 2.56. The summed E-state index contributed by atoms with van der Waals surface area (Å²) in [4.78, 5) is 0. The third-order valence-corrected chi connectivity index (χ3v) is 6.28. The average Bonchev–Trinajstić information content (AvgIpc) is 2.72. The summed E-state index contributed by atoms with van der Waals surface area (Å²) in [7, 11) is 0. The van der Waals surface area contributed by atoms with Gasteiger partial charge >= 0.3 is 0 Å². The van der Waals surface area contributed by atoms with Crippen LogP contribution in [0.5, 0.6) is 0 Å². The number of hydrogen-bond donors (Lipinski definition) is 0. The Bertz CT molecular complexity index is 1020. The monoisotopic (exact) mass is 400 g/mol. The second-order valence-electron chi connectivity index (χ2n) is 8.17. The summed E-state index contributed by atoms with van der Waals surface area (Å²) in [5, 5.41) is -0.511. The molecule has 0 atom stereocenters. The Balaban J connectivity index is 1.59. The van der Waals surface area contributed by atoms with Crippen molar-refractivity contribution in [3.05, 3.63) is 71.3 Å². The maximum absolute atomic E-state index is 14.4. The van der Waals surface area contributed by atoms with Gasteiger partial charge in [-0.1, -0.05) is 44.0 Å². The molecule has 29 heavy (non-hydrogen) atoms. The van der Waals surface area contributed by atoms with Gasteiger partial charge in [-0.25, -0.2) is 17.6 Å². The highest BCUT2D eigenvalue weighted by molar-refractivity contribution is 5.88. The number of hydrogen-bond acceptors (Lipinski definition) is 0. The largest absolute Gasteiger partial charge is 0.206 e. The molecular weight excluding hydrogens is 376 g/mol. The summed E-state index contributed by atoms with van der Waals surface area (Å²) >= 11 is 0. The van der Waals surface area contributed by atoms with Crippen LogP contribution in [-0.4, -0.2) is 0 Å². The van der Waals surface area contributed by atoms with E-state index in [2.05, 4.69) is 19.1 Å². The van der Waals surface area contributed by atoms with Crippen LogP contribution in [0.15, 0.2) is 42.5 Å². The molecule has 0 amide bonds. The molecule has 0 bridgehead atoms. The molecule has 0 aliphatic heterocycles. The summed E-state index contributed by atoms with van der Waals surface area (Å²) in [6, 6.07) is 11.5. The molecule has 0 spiro atoms. The third-order valence-electron chi connectivity index (χ3n) is 6.28. The number of benzene rings is 3. The SMILES string of the molecule is CCCC1CCC(c2ccc(-c3cc(F)c4c(F)c(F)c(F)cc4c3)cc2)CC1. The fourth-order valence-corrected chi connectivity index (χ4v) is 4.69. The second-order valence-corrected chi connectivity index (χ2v) is 8.17. The van der Waals surface area contributed by atoms with E-state index >= 15 is 0 Å². The first-order chi connectivity index (χ1) is 14.0. The molecule has 0 unspecified atom stereocenters. The van der Waals surface area contributed by atoms with Gasteiger partial charge in [0.1, 0.15) is 5.82 Å². The fourth-order valence-electron chi connectivity index (χ4n) is 4.69. The summed E-state index contributed by atoms with van der Waals surface area (Å²) < 4.78 is 55.4. The van der Waals surface area contributed by atoms with E-state index in [0.717, 1.165) is 17.5 Å². The molecule has 0 radical (unpaired) electrons. The van der Waals surface area contributed by atoms with Gasteiger partial charge in [0, 0.05) is 0 Å². The topological polar surface area (TPSA) is 0 Å². The molecule has 1 fully saturated rings. The van der Waals surface area contributed by atoms with Crippen molar-refractivity contribution in [3.63, 3.8) is 0 Å². The molecule has 4 heteroatoms. The second kappa shape index (κ2) is 8.17. The highest BCUT2D eigenvalue weighted by Gasteiger charge is 2.22. The molecule has 0 aromatic heterocycles. The van der Waals surface area contributed by atoms with Gasteiger partial charge < -0.3 is 0 Å². The van der Waals surface area contributed by atoms with Crippen LogP contribution < -0.4 is 0 Å². The first-order valence-electron chi connectivity index (χ1n) is 10.3. The number of fused-ring (bicyclic) bond motifs is 1.